The van der Waals surface area contributed by atoms with Gasteiger partial charge in [-0.1, -0.05) is 47.5 Å². The monoisotopic (exact) mass is 386 g/mol. The van der Waals surface area contributed by atoms with Crippen molar-refractivity contribution in [3.8, 4) is 0 Å². The van der Waals surface area contributed by atoms with Crippen LogP contribution in [0.5, 0.6) is 0 Å². The molecule has 0 radical (unpaired) electrons. The fourth-order valence-electron chi connectivity index (χ4n) is 3.65. The molecule has 1 N–H and O–H groups in total. The average Bonchev–Trinajstić information content (AvgIpc) is 2.64. The third kappa shape index (κ3) is 3.49. The molecule has 1 aliphatic carbocycles. The highest BCUT2D eigenvalue weighted by atomic mass is 35.5. The predicted molar refractivity (Wildman–Crippen MR) is 112 cm³/mol. The van der Waals surface area contributed by atoms with Crippen LogP contribution in [0.2, 0.25) is 5.02 Å². The minimum atomic E-state index is -0.814. The van der Waals surface area contributed by atoms with Crippen LogP contribution in [-0.4, -0.2) is 22.8 Å². The Kier molecular flexibility index (Phi) is 5.64. The standard InChI is InChI=1S/C21H23ClN2OS/c1-15-10-12-16(13-11-15)23-20(26)24(2)21(14-6-5-9-19(21)25)17-7-3-4-8-18(17)22/h3-4,7-8,10-13H,5-6,9,14H2,1-2H3,(H,23,26)/t21-/m0/s1. The summed E-state index contributed by atoms with van der Waals surface area (Å²) in [5, 5.41) is 4.38. The number of anilines is 1. The molecule has 0 saturated heterocycles. The Morgan fingerprint density at radius 2 is 1.85 bits per heavy atom. The smallest absolute Gasteiger partial charge is 0.174 e. The van der Waals surface area contributed by atoms with E-state index in [4.69, 9.17) is 23.8 Å². The Morgan fingerprint density at radius 1 is 1.15 bits per heavy atom. The van der Waals surface area contributed by atoms with Gasteiger partial charge in [0.2, 0.25) is 0 Å². The topological polar surface area (TPSA) is 32.3 Å². The maximum absolute atomic E-state index is 13.1. The van der Waals surface area contributed by atoms with Crippen LogP contribution in [0.15, 0.2) is 48.5 Å². The summed E-state index contributed by atoms with van der Waals surface area (Å²) < 4.78 is 0. The first kappa shape index (κ1) is 18.9. The fraction of sp³-hybridized carbons (Fsp3) is 0.333. The number of benzene rings is 2. The van der Waals surface area contributed by atoms with Crippen molar-refractivity contribution in [2.45, 2.75) is 38.1 Å². The van der Waals surface area contributed by atoms with Crippen molar-refractivity contribution in [3.63, 3.8) is 0 Å². The van der Waals surface area contributed by atoms with Crippen molar-refractivity contribution in [2.75, 3.05) is 12.4 Å². The Balaban J connectivity index is 1.96. The highest BCUT2D eigenvalue weighted by Crippen LogP contribution is 2.42. The molecule has 1 saturated carbocycles. The van der Waals surface area contributed by atoms with Gasteiger partial charge < -0.3 is 10.2 Å². The van der Waals surface area contributed by atoms with Crippen LogP contribution in [0.25, 0.3) is 0 Å². The molecule has 0 unspecified atom stereocenters. The lowest BCUT2D eigenvalue weighted by Crippen LogP contribution is -2.55. The Bertz CT molecular complexity index is 821. The van der Waals surface area contributed by atoms with Gasteiger partial charge >= 0.3 is 0 Å². The van der Waals surface area contributed by atoms with E-state index in [1.807, 2.05) is 67.4 Å². The van der Waals surface area contributed by atoms with Crippen molar-refractivity contribution >= 4 is 40.4 Å². The van der Waals surface area contributed by atoms with Crippen LogP contribution in [0.3, 0.4) is 0 Å². The maximum Gasteiger partial charge on any atom is 0.174 e. The molecule has 0 aliphatic heterocycles. The van der Waals surface area contributed by atoms with E-state index in [-0.39, 0.29) is 5.78 Å². The van der Waals surface area contributed by atoms with Crippen molar-refractivity contribution in [2.24, 2.45) is 0 Å². The summed E-state index contributed by atoms with van der Waals surface area (Å²) in [4.78, 5) is 15.0. The summed E-state index contributed by atoms with van der Waals surface area (Å²) in [5.41, 5.74) is 2.11. The lowest BCUT2D eigenvalue weighted by atomic mass is 9.74. The molecule has 1 fully saturated rings. The molecule has 0 aromatic heterocycles. The van der Waals surface area contributed by atoms with Crippen molar-refractivity contribution in [1.82, 2.24) is 4.90 Å². The zero-order valence-electron chi connectivity index (χ0n) is 15.1. The number of nitrogens with zero attached hydrogens (tertiary/aromatic N) is 1. The highest BCUT2D eigenvalue weighted by Gasteiger charge is 2.47. The summed E-state index contributed by atoms with van der Waals surface area (Å²) in [6.07, 6.45) is 3.13. The van der Waals surface area contributed by atoms with Gasteiger partial charge in [0, 0.05) is 29.7 Å². The molecule has 5 heteroatoms. The number of thiocarbonyl (C=S) groups is 1. The van der Waals surface area contributed by atoms with Gasteiger partial charge in [-0.2, -0.15) is 0 Å². The first-order valence-corrected chi connectivity index (χ1v) is 9.63. The summed E-state index contributed by atoms with van der Waals surface area (Å²) in [5.74, 6) is 0.174. The Labute approximate surface area is 165 Å². The number of halogens is 1. The lowest BCUT2D eigenvalue weighted by molar-refractivity contribution is -0.131. The van der Waals surface area contributed by atoms with E-state index in [0.29, 0.717) is 23.0 Å². The molecule has 2 aromatic carbocycles. The lowest BCUT2D eigenvalue weighted by Gasteiger charge is -2.45. The number of hydrogen-bond donors (Lipinski definition) is 1. The fourth-order valence-corrected chi connectivity index (χ4v) is 4.21. The molecule has 26 heavy (non-hydrogen) atoms. The molecular formula is C21H23ClN2OS. The van der Waals surface area contributed by atoms with E-state index in [2.05, 4.69) is 5.32 Å². The van der Waals surface area contributed by atoms with Crippen LogP contribution in [0.1, 0.15) is 36.8 Å². The third-order valence-corrected chi connectivity index (χ3v) is 5.86. The number of ketones is 1. The number of carbonyl (C=O) groups is 1. The first-order chi connectivity index (χ1) is 12.4. The van der Waals surface area contributed by atoms with Crippen molar-refractivity contribution < 1.29 is 4.79 Å². The van der Waals surface area contributed by atoms with E-state index >= 15 is 0 Å². The first-order valence-electron chi connectivity index (χ1n) is 8.85. The van der Waals surface area contributed by atoms with Crippen LogP contribution in [0.4, 0.5) is 5.69 Å². The van der Waals surface area contributed by atoms with Gasteiger partial charge in [-0.05, 0) is 56.6 Å². The number of nitrogens with one attached hydrogen (secondary N) is 1. The quantitative estimate of drug-likeness (QED) is 0.724. The average molecular weight is 387 g/mol. The van der Waals surface area contributed by atoms with Crippen LogP contribution < -0.4 is 5.32 Å². The Hall–Kier alpha value is -1.91. The third-order valence-electron chi connectivity index (χ3n) is 5.15. The zero-order chi connectivity index (χ0) is 18.7. The highest BCUT2D eigenvalue weighted by molar-refractivity contribution is 7.80. The van der Waals surface area contributed by atoms with Crippen molar-refractivity contribution in [3.05, 3.63) is 64.7 Å². The molecule has 0 bridgehead atoms. The van der Waals surface area contributed by atoms with Gasteiger partial charge in [-0.25, -0.2) is 0 Å². The van der Waals surface area contributed by atoms with E-state index < -0.39 is 5.54 Å². The number of hydrogen-bond acceptors (Lipinski definition) is 2. The van der Waals surface area contributed by atoms with Gasteiger partial charge in [0.05, 0.1) is 0 Å². The number of rotatable bonds is 3. The molecule has 2 aromatic rings. The molecule has 1 aliphatic rings. The molecule has 136 valence electrons. The van der Waals surface area contributed by atoms with Gasteiger partial charge in [0.25, 0.3) is 0 Å². The minimum absolute atomic E-state index is 0.174. The van der Waals surface area contributed by atoms with Crippen LogP contribution in [0, 0.1) is 6.92 Å². The summed E-state index contributed by atoms with van der Waals surface area (Å²) in [6.45, 7) is 2.04. The van der Waals surface area contributed by atoms with Crippen molar-refractivity contribution in [1.29, 1.82) is 0 Å². The van der Waals surface area contributed by atoms with Gasteiger partial charge in [0.1, 0.15) is 5.54 Å². The second-order valence-electron chi connectivity index (χ2n) is 6.83. The molecular weight excluding hydrogens is 364 g/mol. The predicted octanol–water partition coefficient (Wildman–Crippen LogP) is 5.32. The molecule has 0 amide bonds. The van der Waals surface area contributed by atoms with Crippen LogP contribution in [-0.2, 0) is 10.3 Å². The van der Waals surface area contributed by atoms with Crippen LogP contribution >= 0.6 is 23.8 Å². The molecule has 1 atom stereocenters. The summed E-state index contributed by atoms with van der Waals surface area (Å²) in [6, 6.07) is 15.6. The zero-order valence-corrected chi connectivity index (χ0v) is 16.7. The molecule has 3 nitrogen and oxygen atoms in total. The largest absolute Gasteiger partial charge is 0.335 e. The minimum Gasteiger partial charge on any atom is -0.335 e. The van der Waals surface area contributed by atoms with Gasteiger partial charge in [-0.3, -0.25) is 4.79 Å². The van der Waals surface area contributed by atoms with E-state index in [0.717, 1.165) is 24.1 Å². The van der Waals surface area contributed by atoms with E-state index in [1.165, 1.54) is 5.56 Å². The van der Waals surface area contributed by atoms with E-state index in [9.17, 15) is 4.79 Å². The number of Topliss-reactive ketones (excluding diaryl/α,β-unsaturated/α-hetero) is 1. The molecule has 0 spiro atoms. The van der Waals surface area contributed by atoms with Gasteiger partial charge in [0.15, 0.2) is 10.9 Å². The SMILES string of the molecule is Cc1ccc(NC(=S)N(C)[C@]2(c3ccccc3Cl)CCCCC2=O)cc1. The normalized spacial score (nSPS) is 19.9. The summed E-state index contributed by atoms with van der Waals surface area (Å²) in [7, 11) is 1.88. The number of likely N-dealkylation sites (N-methyl/N-ethyl adjacent to an activating group) is 1. The second kappa shape index (κ2) is 7.77. The van der Waals surface area contributed by atoms with Gasteiger partial charge in [-0.15, -0.1) is 0 Å². The molecule has 0 heterocycles. The second-order valence-corrected chi connectivity index (χ2v) is 7.62. The number of aryl methyl sites for hydroxylation is 1. The Morgan fingerprint density at radius 3 is 2.50 bits per heavy atom. The van der Waals surface area contributed by atoms with E-state index in [1.54, 1.807) is 0 Å². The summed E-state index contributed by atoms with van der Waals surface area (Å²) >= 11 is 12.2. The maximum atomic E-state index is 13.1. The molecule has 3 rings (SSSR count). The number of carbonyl (C=O) groups excluding carboxylic acids is 1.